The number of hydrogen-bond acceptors (Lipinski definition) is 2. The van der Waals surface area contributed by atoms with Gasteiger partial charge in [0.25, 0.3) is 0 Å². The van der Waals surface area contributed by atoms with Crippen LogP contribution < -0.4 is 0 Å². The van der Waals surface area contributed by atoms with E-state index in [0.717, 1.165) is 25.8 Å². The molecular weight excluding hydrogens is 256 g/mol. The minimum atomic E-state index is -0.873. The molecule has 0 saturated carbocycles. The summed E-state index contributed by atoms with van der Waals surface area (Å²) in [6.07, 6.45) is 3.62. The highest BCUT2D eigenvalue weighted by atomic mass is 16.4. The number of carbonyl (C=O) groups excluding carboxylic acids is 1. The molecule has 2 fully saturated rings. The third kappa shape index (κ3) is 2.91. The Balaban J connectivity index is 2.12. The van der Waals surface area contributed by atoms with Crippen LogP contribution in [0.4, 0.5) is 4.79 Å². The number of piperidine rings is 2. The van der Waals surface area contributed by atoms with Crippen molar-refractivity contribution < 1.29 is 14.7 Å². The quantitative estimate of drug-likeness (QED) is 0.803. The summed E-state index contributed by atoms with van der Waals surface area (Å²) in [4.78, 5) is 27.6. The van der Waals surface area contributed by atoms with Gasteiger partial charge in [0.2, 0.25) is 0 Å². The highest BCUT2D eigenvalue weighted by Gasteiger charge is 2.39. The van der Waals surface area contributed by atoms with Gasteiger partial charge in [0.1, 0.15) is 6.04 Å². The first-order valence-electron chi connectivity index (χ1n) is 7.71. The average Bonchev–Trinajstić information content (AvgIpc) is 2.41. The van der Waals surface area contributed by atoms with E-state index in [9.17, 15) is 14.7 Å². The average molecular weight is 282 g/mol. The van der Waals surface area contributed by atoms with Gasteiger partial charge in [0.15, 0.2) is 0 Å². The maximum absolute atomic E-state index is 12.7. The van der Waals surface area contributed by atoms with Gasteiger partial charge in [-0.05, 0) is 44.4 Å². The molecule has 5 nitrogen and oxygen atoms in total. The molecule has 0 aromatic carbocycles. The van der Waals surface area contributed by atoms with Crippen LogP contribution in [0.3, 0.4) is 0 Å². The SMILES string of the molecule is CC1CCN(C(=O)N2CCCC(C)C2C)C(C(=O)O)C1. The third-order valence-electron chi connectivity index (χ3n) is 5.01. The topological polar surface area (TPSA) is 60.9 Å². The van der Waals surface area contributed by atoms with Crippen LogP contribution in [-0.4, -0.2) is 52.1 Å². The lowest BCUT2D eigenvalue weighted by molar-refractivity contribution is -0.144. The molecule has 2 heterocycles. The van der Waals surface area contributed by atoms with Crippen molar-refractivity contribution in [3.05, 3.63) is 0 Å². The number of carbonyl (C=O) groups is 2. The fourth-order valence-corrected chi connectivity index (χ4v) is 3.38. The largest absolute Gasteiger partial charge is 0.480 e. The number of hydrogen-bond donors (Lipinski definition) is 1. The first-order chi connectivity index (χ1) is 9.41. The normalized spacial score (nSPS) is 35.0. The van der Waals surface area contributed by atoms with E-state index >= 15 is 0 Å². The number of likely N-dealkylation sites (tertiary alicyclic amines) is 2. The lowest BCUT2D eigenvalue weighted by atomic mass is 9.91. The summed E-state index contributed by atoms with van der Waals surface area (Å²) in [5.74, 6) is -0.0137. The molecule has 0 radical (unpaired) electrons. The maximum atomic E-state index is 12.7. The molecule has 0 aliphatic carbocycles. The second kappa shape index (κ2) is 6.02. The zero-order valence-corrected chi connectivity index (χ0v) is 12.7. The van der Waals surface area contributed by atoms with Gasteiger partial charge in [-0.3, -0.25) is 0 Å². The van der Waals surface area contributed by atoms with Crippen molar-refractivity contribution in [2.45, 2.75) is 58.5 Å². The fraction of sp³-hybridized carbons (Fsp3) is 0.867. The van der Waals surface area contributed by atoms with Crippen LogP contribution in [0.1, 0.15) is 46.5 Å². The molecule has 2 rings (SSSR count). The number of carboxylic acid groups (broad SMARTS) is 1. The van der Waals surface area contributed by atoms with Gasteiger partial charge >= 0.3 is 12.0 Å². The van der Waals surface area contributed by atoms with E-state index in [4.69, 9.17) is 0 Å². The number of carboxylic acids is 1. The van der Waals surface area contributed by atoms with E-state index in [1.54, 1.807) is 4.90 Å². The van der Waals surface area contributed by atoms with Crippen molar-refractivity contribution in [2.24, 2.45) is 11.8 Å². The van der Waals surface area contributed by atoms with E-state index in [1.165, 1.54) is 0 Å². The van der Waals surface area contributed by atoms with Crippen LogP contribution in [0.5, 0.6) is 0 Å². The monoisotopic (exact) mass is 282 g/mol. The zero-order chi connectivity index (χ0) is 14.9. The molecule has 2 saturated heterocycles. The van der Waals surface area contributed by atoms with Gasteiger partial charge in [0, 0.05) is 19.1 Å². The fourth-order valence-electron chi connectivity index (χ4n) is 3.38. The molecular formula is C15H26N2O3. The molecule has 1 N–H and O–H groups in total. The summed E-state index contributed by atoms with van der Waals surface area (Å²) in [5, 5.41) is 9.38. The van der Waals surface area contributed by atoms with Crippen molar-refractivity contribution in [3.63, 3.8) is 0 Å². The van der Waals surface area contributed by atoms with Crippen LogP contribution in [0.25, 0.3) is 0 Å². The second-order valence-corrected chi connectivity index (χ2v) is 6.51. The van der Waals surface area contributed by atoms with Crippen LogP contribution in [0.15, 0.2) is 0 Å². The Morgan fingerprint density at radius 2 is 1.75 bits per heavy atom. The molecule has 0 spiro atoms. The molecule has 20 heavy (non-hydrogen) atoms. The number of urea groups is 1. The van der Waals surface area contributed by atoms with Gasteiger partial charge in [-0.15, -0.1) is 0 Å². The summed E-state index contributed by atoms with van der Waals surface area (Å²) < 4.78 is 0. The Labute approximate surface area is 120 Å². The third-order valence-corrected chi connectivity index (χ3v) is 5.01. The zero-order valence-electron chi connectivity index (χ0n) is 12.7. The van der Waals surface area contributed by atoms with Crippen LogP contribution in [0, 0.1) is 11.8 Å². The van der Waals surface area contributed by atoms with Crippen molar-refractivity contribution in [1.82, 2.24) is 9.80 Å². The molecule has 2 aliphatic heterocycles. The maximum Gasteiger partial charge on any atom is 0.326 e. The predicted molar refractivity (Wildman–Crippen MR) is 76.5 cm³/mol. The minimum Gasteiger partial charge on any atom is -0.480 e. The second-order valence-electron chi connectivity index (χ2n) is 6.51. The molecule has 5 heteroatoms. The van der Waals surface area contributed by atoms with Crippen molar-refractivity contribution >= 4 is 12.0 Å². The highest BCUT2D eigenvalue weighted by Crippen LogP contribution is 2.28. The van der Waals surface area contributed by atoms with Crippen LogP contribution in [-0.2, 0) is 4.79 Å². The van der Waals surface area contributed by atoms with Gasteiger partial charge in [-0.25, -0.2) is 9.59 Å². The molecule has 2 amide bonds. The van der Waals surface area contributed by atoms with E-state index in [2.05, 4.69) is 20.8 Å². The number of amides is 2. The summed E-state index contributed by atoms with van der Waals surface area (Å²) in [6.45, 7) is 7.61. The Morgan fingerprint density at radius 3 is 2.40 bits per heavy atom. The predicted octanol–water partition coefficient (Wildman–Crippen LogP) is 2.41. The minimum absolute atomic E-state index is 0.0802. The molecule has 4 atom stereocenters. The van der Waals surface area contributed by atoms with Crippen LogP contribution >= 0.6 is 0 Å². The molecule has 114 valence electrons. The molecule has 4 unspecified atom stereocenters. The number of nitrogens with zero attached hydrogens (tertiary/aromatic N) is 2. The smallest absolute Gasteiger partial charge is 0.326 e. The van der Waals surface area contributed by atoms with Crippen molar-refractivity contribution in [1.29, 1.82) is 0 Å². The Bertz CT molecular complexity index is 385. The van der Waals surface area contributed by atoms with E-state index in [-0.39, 0.29) is 12.1 Å². The Kier molecular flexibility index (Phi) is 4.55. The first-order valence-corrected chi connectivity index (χ1v) is 7.71. The van der Waals surface area contributed by atoms with Crippen LogP contribution in [0.2, 0.25) is 0 Å². The number of rotatable bonds is 1. The van der Waals surface area contributed by atoms with Gasteiger partial charge in [0.05, 0.1) is 0 Å². The first kappa shape index (κ1) is 15.1. The summed E-state index contributed by atoms with van der Waals surface area (Å²) >= 11 is 0. The summed E-state index contributed by atoms with van der Waals surface area (Å²) in [6, 6.07) is -0.538. The van der Waals surface area contributed by atoms with Gasteiger partial charge < -0.3 is 14.9 Å². The van der Waals surface area contributed by atoms with Gasteiger partial charge in [-0.2, -0.15) is 0 Å². The lowest BCUT2D eigenvalue weighted by Crippen LogP contribution is -2.58. The molecule has 0 aromatic heterocycles. The lowest BCUT2D eigenvalue weighted by Gasteiger charge is -2.44. The Morgan fingerprint density at radius 1 is 1.05 bits per heavy atom. The van der Waals surface area contributed by atoms with E-state index in [0.29, 0.717) is 24.8 Å². The van der Waals surface area contributed by atoms with Gasteiger partial charge in [-0.1, -0.05) is 13.8 Å². The summed E-state index contributed by atoms with van der Waals surface area (Å²) in [7, 11) is 0. The standard InChI is InChI=1S/C15H26N2O3/c1-10-6-8-17(13(9-10)14(18)19)15(20)16-7-4-5-11(2)12(16)3/h10-13H,4-9H2,1-3H3,(H,18,19). The van der Waals surface area contributed by atoms with E-state index < -0.39 is 12.0 Å². The number of aliphatic carboxylic acids is 1. The van der Waals surface area contributed by atoms with E-state index in [1.807, 2.05) is 4.90 Å². The Hall–Kier alpha value is -1.26. The molecule has 2 aliphatic rings. The molecule has 0 aromatic rings. The van der Waals surface area contributed by atoms with Crippen molar-refractivity contribution in [3.8, 4) is 0 Å². The molecule has 0 bridgehead atoms. The highest BCUT2D eigenvalue weighted by molar-refractivity contribution is 5.83. The summed E-state index contributed by atoms with van der Waals surface area (Å²) in [5.41, 5.74) is 0. The van der Waals surface area contributed by atoms with Crippen molar-refractivity contribution in [2.75, 3.05) is 13.1 Å².